The lowest BCUT2D eigenvalue weighted by atomic mass is 10.1. The van der Waals surface area contributed by atoms with Crippen molar-refractivity contribution in [3.05, 3.63) is 59.8 Å². The van der Waals surface area contributed by atoms with Crippen molar-refractivity contribution in [3.8, 4) is 0 Å². The van der Waals surface area contributed by atoms with Crippen molar-refractivity contribution in [2.24, 2.45) is 0 Å². The van der Waals surface area contributed by atoms with Gasteiger partial charge in [-0.25, -0.2) is 13.4 Å². The van der Waals surface area contributed by atoms with Crippen LogP contribution >= 0.6 is 0 Å². The van der Waals surface area contributed by atoms with E-state index < -0.39 is 27.6 Å². The molecule has 0 saturated heterocycles. The van der Waals surface area contributed by atoms with Gasteiger partial charge in [0.05, 0.1) is 17.4 Å². The van der Waals surface area contributed by atoms with Crippen molar-refractivity contribution >= 4 is 15.7 Å². The quantitative estimate of drug-likeness (QED) is 0.904. The number of halogens is 3. The number of sulfone groups is 1. The Morgan fingerprint density at radius 1 is 1.13 bits per heavy atom. The number of hydrogen-bond acceptors (Lipinski definition) is 4. The molecule has 1 unspecified atom stereocenters. The van der Waals surface area contributed by atoms with Crippen LogP contribution in [0.25, 0.3) is 0 Å². The van der Waals surface area contributed by atoms with Crippen LogP contribution in [0.15, 0.2) is 48.7 Å². The Kier molecular flexibility index (Phi) is 4.93. The van der Waals surface area contributed by atoms with Crippen LogP contribution in [-0.2, 0) is 16.0 Å². The minimum atomic E-state index is -4.46. The number of anilines is 1. The maximum absolute atomic E-state index is 12.5. The van der Waals surface area contributed by atoms with Gasteiger partial charge >= 0.3 is 6.18 Å². The van der Waals surface area contributed by atoms with Crippen molar-refractivity contribution in [1.29, 1.82) is 0 Å². The van der Waals surface area contributed by atoms with E-state index in [2.05, 4.69) is 10.3 Å². The van der Waals surface area contributed by atoms with E-state index in [1.807, 2.05) is 0 Å². The number of rotatable bonds is 5. The Hall–Kier alpha value is -2.09. The van der Waals surface area contributed by atoms with E-state index in [4.69, 9.17) is 0 Å². The van der Waals surface area contributed by atoms with Gasteiger partial charge in [-0.05, 0) is 17.7 Å². The zero-order valence-electron chi connectivity index (χ0n) is 12.2. The van der Waals surface area contributed by atoms with E-state index >= 15 is 0 Å². The summed E-state index contributed by atoms with van der Waals surface area (Å²) in [6.07, 6.45) is -2.65. The summed E-state index contributed by atoms with van der Waals surface area (Å²) in [5.41, 5.74) is -0.151. The highest BCUT2D eigenvalue weighted by Crippen LogP contribution is 2.29. The Labute approximate surface area is 132 Å². The predicted molar refractivity (Wildman–Crippen MR) is 81.8 cm³/mol. The van der Waals surface area contributed by atoms with E-state index in [1.165, 1.54) is 6.07 Å². The molecule has 4 nitrogen and oxygen atoms in total. The zero-order chi connectivity index (χ0) is 17.1. The first-order valence-corrected chi connectivity index (χ1v) is 8.74. The highest BCUT2D eigenvalue weighted by atomic mass is 32.2. The first kappa shape index (κ1) is 17.3. The van der Waals surface area contributed by atoms with Crippen molar-refractivity contribution < 1.29 is 21.6 Å². The molecule has 2 rings (SSSR count). The molecule has 124 valence electrons. The van der Waals surface area contributed by atoms with Gasteiger partial charge in [-0.2, -0.15) is 13.2 Å². The monoisotopic (exact) mass is 344 g/mol. The van der Waals surface area contributed by atoms with Crippen LogP contribution in [0.2, 0.25) is 0 Å². The molecule has 0 aliphatic rings. The average Bonchev–Trinajstić information content (AvgIpc) is 2.46. The molecule has 1 atom stereocenters. The van der Waals surface area contributed by atoms with E-state index in [0.717, 1.165) is 12.3 Å². The molecule has 0 aliphatic heterocycles. The third-order valence-electron chi connectivity index (χ3n) is 3.08. The second-order valence-corrected chi connectivity index (χ2v) is 7.31. The molecule has 1 aromatic carbocycles. The summed E-state index contributed by atoms with van der Waals surface area (Å²) in [4.78, 5) is 3.71. The van der Waals surface area contributed by atoms with Gasteiger partial charge in [0.15, 0.2) is 0 Å². The first-order valence-electron chi connectivity index (χ1n) is 6.67. The molecule has 0 fully saturated rings. The Bertz CT molecular complexity index is 745. The largest absolute Gasteiger partial charge is 0.417 e. The summed E-state index contributed by atoms with van der Waals surface area (Å²) >= 11 is 0. The minimum absolute atomic E-state index is 0.176. The summed E-state index contributed by atoms with van der Waals surface area (Å²) in [6.45, 7) is 0. The molecule has 1 heterocycles. The number of pyridine rings is 1. The van der Waals surface area contributed by atoms with E-state index in [1.54, 1.807) is 30.3 Å². The molecule has 0 radical (unpaired) electrons. The summed E-state index contributed by atoms with van der Waals surface area (Å²) in [6, 6.07) is 10.3. The van der Waals surface area contributed by atoms with Crippen LogP contribution in [0.4, 0.5) is 19.0 Å². The van der Waals surface area contributed by atoms with E-state index in [0.29, 0.717) is 11.8 Å². The third kappa shape index (κ3) is 5.24. The molecule has 0 spiro atoms. The highest BCUT2D eigenvalue weighted by molar-refractivity contribution is 7.90. The van der Waals surface area contributed by atoms with Gasteiger partial charge in [0.25, 0.3) is 0 Å². The number of aromatic nitrogens is 1. The van der Waals surface area contributed by atoms with E-state index in [9.17, 15) is 21.6 Å². The third-order valence-corrected chi connectivity index (χ3v) is 4.02. The topological polar surface area (TPSA) is 59.1 Å². The lowest BCUT2D eigenvalue weighted by molar-refractivity contribution is -0.137. The second-order valence-electron chi connectivity index (χ2n) is 5.13. The number of hydrogen-bond donors (Lipinski definition) is 1. The zero-order valence-corrected chi connectivity index (χ0v) is 13.0. The van der Waals surface area contributed by atoms with Crippen molar-refractivity contribution in [2.75, 3.05) is 17.3 Å². The predicted octanol–water partition coefficient (Wildman–Crippen LogP) is 3.30. The molecule has 1 N–H and O–H groups in total. The molecule has 2 aromatic rings. The van der Waals surface area contributed by atoms with Crippen LogP contribution in [0.5, 0.6) is 0 Å². The number of alkyl halides is 3. The second kappa shape index (κ2) is 6.57. The van der Waals surface area contributed by atoms with Gasteiger partial charge in [-0.3, -0.25) is 0 Å². The summed E-state index contributed by atoms with van der Waals surface area (Å²) in [7, 11) is -3.29. The molecule has 0 aliphatic carbocycles. The maximum Gasteiger partial charge on any atom is 0.417 e. The minimum Gasteiger partial charge on any atom is -0.362 e. The molecule has 0 amide bonds. The molecular weight excluding hydrogens is 329 g/mol. The molecule has 0 bridgehead atoms. The summed E-state index contributed by atoms with van der Waals surface area (Å²) < 4.78 is 60.8. The molecule has 23 heavy (non-hydrogen) atoms. The van der Waals surface area contributed by atoms with Crippen LogP contribution in [0, 0.1) is 0 Å². The van der Waals surface area contributed by atoms with Gasteiger partial charge in [0.2, 0.25) is 0 Å². The fraction of sp³-hybridized carbons (Fsp3) is 0.267. The molecule has 0 saturated carbocycles. The Morgan fingerprint density at radius 3 is 2.26 bits per heavy atom. The summed E-state index contributed by atoms with van der Waals surface area (Å²) in [5.74, 6) is -0.0183. The lowest BCUT2D eigenvalue weighted by Gasteiger charge is -2.19. The van der Waals surface area contributed by atoms with Crippen LogP contribution < -0.4 is 5.32 Å². The highest BCUT2D eigenvalue weighted by Gasteiger charge is 2.30. The summed E-state index contributed by atoms with van der Waals surface area (Å²) in [5, 5.41) is 2.87. The first-order chi connectivity index (χ1) is 10.6. The normalized spacial score (nSPS) is 13.6. The van der Waals surface area contributed by atoms with E-state index in [-0.39, 0.29) is 11.6 Å². The molecular formula is C15H15F3N2O2S. The van der Waals surface area contributed by atoms with Gasteiger partial charge in [-0.1, -0.05) is 30.3 Å². The van der Waals surface area contributed by atoms with Crippen LogP contribution in [-0.4, -0.2) is 25.4 Å². The number of benzene rings is 1. The smallest absolute Gasteiger partial charge is 0.362 e. The number of nitrogens with one attached hydrogen (secondary N) is 1. The van der Waals surface area contributed by atoms with Crippen molar-refractivity contribution in [1.82, 2.24) is 4.98 Å². The lowest BCUT2D eigenvalue weighted by Crippen LogP contribution is -2.21. The standard InChI is InChI=1S/C15H15F3N2O2S/c1-23(21,22)10-13(11-5-3-2-4-6-11)20-14-8-7-12(9-19-14)15(16,17)18/h2-9,13H,10H2,1H3,(H,19,20). The van der Waals surface area contributed by atoms with Crippen LogP contribution in [0.1, 0.15) is 17.2 Å². The Balaban J connectivity index is 2.24. The van der Waals surface area contributed by atoms with Gasteiger partial charge in [0.1, 0.15) is 15.7 Å². The molecule has 1 aromatic heterocycles. The average molecular weight is 344 g/mol. The fourth-order valence-corrected chi connectivity index (χ4v) is 2.92. The van der Waals surface area contributed by atoms with Crippen molar-refractivity contribution in [2.45, 2.75) is 12.2 Å². The van der Waals surface area contributed by atoms with Crippen molar-refractivity contribution in [3.63, 3.8) is 0 Å². The SMILES string of the molecule is CS(=O)(=O)CC(Nc1ccc(C(F)(F)F)cn1)c1ccccc1. The van der Waals surface area contributed by atoms with Gasteiger partial charge in [-0.15, -0.1) is 0 Å². The van der Waals surface area contributed by atoms with Crippen LogP contribution in [0.3, 0.4) is 0 Å². The molecule has 8 heteroatoms. The van der Waals surface area contributed by atoms with Gasteiger partial charge < -0.3 is 5.32 Å². The number of nitrogens with zero attached hydrogens (tertiary/aromatic N) is 1. The fourth-order valence-electron chi connectivity index (χ4n) is 2.03. The van der Waals surface area contributed by atoms with Gasteiger partial charge in [0, 0.05) is 12.5 Å². The maximum atomic E-state index is 12.5. The Morgan fingerprint density at radius 2 is 1.78 bits per heavy atom.